The van der Waals surface area contributed by atoms with Crippen LogP contribution in [0, 0.1) is 5.92 Å². The average molecular weight is 264 g/mol. The second-order valence-corrected chi connectivity index (χ2v) is 6.71. The van der Waals surface area contributed by atoms with E-state index in [1.54, 1.807) is 11.3 Å². The van der Waals surface area contributed by atoms with Crippen LogP contribution in [0.25, 0.3) is 0 Å². The predicted molar refractivity (Wildman–Crippen MR) is 74.2 cm³/mol. The van der Waals surface area contributed by atoms with Crippen molar-refractivity contribution < 1.29 is 4.79 Å². The third kappa shape index (κ3) is 2.45. The first-order chi connectivity index (χ1) is 8.72. The Bertz CT molecular complexity index is 449. The number of thiophene rings is 1. The highest BCUT2D eigenvalue weighted by Crippen LogP contribution is 2.32. The van der Waals surface area contributed by atoms with Crippen LogP contribution in [0.1, 0.15) is 39.9 Å². The molecule has 4 heteroatoms. The summed E-state index contributed by atoms with van der Waals surface area (Å²) in [5.41, 5.74) is 1.41. The summed E-state index contributed by atoms with van der Waals surface area (Å²) in [5.74, 6) is 0.887. The highest BCUT2D eigenvalue weighted by atomic mass is 32.1. The van der Waals surface area contributed by atoms with Gasteiger partial charge in [0.2, 0.25) is 0 Å². The lowest BCUT2D eigenvalue weighted by Gasteiger charge is -2.16. The molecule has 1 saturated heterocycles. The van der Waals surface area contributed by atoms with Crippen LogP contribution in [0.5, 0.6) is 0 Å². The van der Waals surface area contributed by atoms with Crippen LogP contribution in [0.4, 0.5) is 0 Å². The number of hydrogen-bond acceptors (Lipinski definition) is 3. The van der Waals surface area contributed by atoms with Crippen molar-refractivity contribution in [3.05, 3.63) is 21.4 Å². The zero-order chi connectivity index (χ0) is 12.5. The van der Waals surface area contributed by atoms with Gasteiger partial charge in [-0.15, -0.1) is 11.3 Å². The second kappa shape index (κ2) is 5.02. The van der Waals surface area contributed by atoms with Gasteiger partial charge in [-0.1, -0.05) is 6.92 Å². The zero-order valence-electron chi connectivity index (χ0n) is 10.8. The van der Waals surface area contributed by atoms with Crippen LogP contribution in [-0.4, -0.2) is 25.0 Å². The first kappa shape index (κ1) is 12.2. The SMILES string of the molecule is CC1CCc2sc(C(=O)NC3CCNC3)cc2C1. The number of nitrogens with one attached hydrogen (secondary N) is 2. The summed E-state index contributed by atoms with van der Waals surface area (Å²) in [6, 6.07) is 2.43. The van der Waals surface area contributed by atoms with Gasteiger partial charge in [-0.2, -0.15) is 0 Å². The molecule has 0 saturated carbocycles. The Morgan fingerprint density at radius 1 is 1.50 bits per heavy atom. The molecule has 1 aromatic heterocycles. The first-order valence-corrected chi connectivity index (χ1v) is 7.67. The van der Waals surface area contributed by atoms with E-state index < -0.39 is 0 Å². The highest BCUT2D eigenvalue weighted by molar-refractivity contribution is 7.14. The van der Waals surface area contributed by atoms with Gasteiger partial charge in [0.25, 0.3) is 5.91 Å². The van der Waals surface area contributed by atoms with E-state index in [-0.39, 0.29) is 5.91 Å². The van der Waals surface area contributed by atoms with Gasteiger partial charge in [-0.05, 0) is 49.8 Å². The summed E-state index contributed by atoms with van der Waals surface area (Å²) < 4.78 is 0. The van der Waals surface area contributed by atoms with Gasteiger partial charge in [0.1, 0.15) is 0 Å². The Balaban J connectivity index is 1.70. The third-order valence-electron chi connectivity index (χ3n) is 3.95. The Morgan fingerprint density at radius 2 is 2.39 bits per heavy atom. The third-order valence-corrected chi connectivity index (χ3v) is 5.18. The molecule has 1 aromatic rings. The molecule has 0 spiro atoms. The summed E-state index contributed by atoms with van der Waals surface area (Å²) >= 11 is 1.70. The normalized spacial score (nSPS) is 26.9. The number of carbonyl (C=O) groups is 1. The number of rotatable bonds is 2. The molecule has 2 heterocycles. The molecule has 1 fully saturated rings. The fourth-order valence-corrected chi connectivity index (χ4v) is 3.96. The summed E-state index contributed by atoms with van der Waals surface area (Å²) in [4.78, 5) is 14.5. The standard InChI is InChI=1S/C14H20N2OS/c1-9-2-3-12-10(6-9)7-13(18-12)14(17)16-11-4-5-15-8-11/h7,9,11,15H,2-6,8H2,1H3,(H,16,17). The molecular formula is C14H20N2OS. The molecule has 1 aliphatic carbocycles. The molecular weight excluding hydrogens is 244 g/mol. The van der Waals surface area contributed by atoms with Crippen LogP contribution in [0.3, 0.4) is 0 Å². The molecule has 98 valence electrons. The van der Waals surface area contributed by atoms with E-state index in [2.05, 4.69) is 23.6 Å². The maximum absolute atomic E-state index is 12.2. The molecule has 1 aliphatic heterocycles. The molecule has 2 unspecified atom stereocenters. The second-order valence-electron chi connectivity index (χ2n) is 5.57. The van der Waals surface area contributed by atoms with Gasteiger partial charge in [0.05, 0.1) is 4.88 Å². The molecule has 3 rings (SSSR count). The van der Waals surface area contributed by atoms with Crippen molar-refractivity contribution in [2.45, 2.75) is 38.6 Å². The molecule has 0 aromatic carbocycles. The van der Waals surface area contributed by atoms with Gasteiger partial charge >= 0.3 is 0 Å². The lowest BCUT2D eigenvalue weighted by Crippen LogP contribution is -2.35. The first-order valence-electron chi connectivity index (χ1n) is 6.85. The van der Waals surface area contributed by atoms with E-state index in [9.17, 15) is 4.79 Å². The van der Waals surface area contributed by atoms with Crippen molar-refractivity contribution in [2.24, 2.45) is 5.92 Å². The monoisotopic (exact) mass is 264 g/mol. The number of aryl methyl sites for hydroxylation is 1. The van der Waals surface area contributed by atoms with Gasteiger partial charge in [0.15, 0.2) is 0 Å². The summed E-state index contributed by atoms with van der Waals surface area (Å²) in [7, 11) is 0. The molecule has 3 nitrogen and oxygen atoms in total. The van der Waals surface area contributed by atoms with Crippen LogP contribution in [0.15, 0.2) is 6.07 Å². The summed E-state index contributed by atoms with van der Waals surface area (Å²) in [6.07, 6.45) is 4.61. The Morgan fingerprint density at radius 3 is 3.17 bits per heavy atom. The number of fused-ring (bicyclic) bond motifs is 1. The molecule has 0 bridgehead atoms. The molecule has 18 heavy (non-hydrogen) atoms. The van der Waals surface area contributed by atoms with Crippen LogP contribution in [0.2, 0.25) is 0 Å². The van der Waals surface area contributed by atoms with Crippen molar-refractivity contribution in [3.8, 4) is 0 Å². The Labute approximate surface area is 112 Å². The minimum atomic E-state index is 0.121. The number of carbonyl (C=O) groups excluding carboxylic acids is 1. The maximum Gasteiger partial charge on any atom is 0.261 e. The van der Waals surface area contributed by atoms with E-state index in [1.165, 1.54) is 16.9 Å². The molecule has 2 atom stereocenters. The molecule has 2 N–H and O–H groups in total. The fraction of sp³-hybridized carbons (Fsp3) is 0.643. The largest absolute Gasteiger partial charge is 0.347 e. The Hall–Kier alpha value is -0.870. The van der Waals surface area contributed by atoms with Gasteiger partial charge < -0.3 is 10.6 Å². The average Bonchev–Trinajstić information content (AvgIpc) is 2.96. The van der Waals surface area contributed by atoms with Crippen LogP contribution in [-0.2, 0) is 12.8 Å². The van der Waals surface area contributed by atoms with Crippen molar-refractivity contribution in [1.29, 1.82) is 0 Å². The number of hydrogen-bond donors (Lipinski definition) is 2. The van der Waals surface area contributed by atoms with Crippen molar-refractivity contribution in [3.63, 3.8) is 0 Å². The van der Waals surface area contributed by atoms with Crippen molar-refractivity contribution >= 4 is 17.2 Å². The van der Waals surface area contributed by atoms with E-state index in [0.29, 0.717) is 6.04 Å². The predicted octanol–water partition coefficient (Wildman–Crippen LogP) is 1.96. The van der Waals surface area contributed by atoms with Crippen LogP contribution >= 0.6 is 11.3 Å². The van der Waals surface area contributed by atoms with Crippen LogP contribution < -0.4 is 10.6 Å². The summed E-state index contributed by atoms with van der Waals surface area (Å²) in [5, 5.41) is 6.40. The lowest BCUT2D eigenvalue weighted by molar-refractivity contribution is 0.0944. The highest BCUT2D eigenvalue weighted by Gasteiger charge is 2.22. The van der Waals surface area contributed by atoms with Gasteiger partial charge in [0, 0.05) is 17.5 Å². The fourth-order valence-electron chi connectivity index (χ4n) is 2.85. The zero-order valence-corrected chi connectivity index (χ0v) is 11.6. The Kier molecular flexibility index (Phi) is 3.39. The van der Waals surface area contributed by atoms with E-state index in [4.69, 9.17) is 0 Å². The van der Waals surface area contributed by atoms with E-state index in [0.717, 1.165) is 43.1 Å². The molecule has 1 amide bonds. The smallest absolute Gasteiger partial charge is 0.261 e. The van der Waals surface area contributed by atoms with E-state index >= 15 is 0 Å². The topological polar surface area (TPSA) is 41.1 Å². The maximum atomic E-state index is 12.2. The lowest BCUT2D eigenvalue weighted by atomic mass is 9.90. The minimum Gasteiger partial charge on any atom is -0.347 e. The quantitative estimate of drug-likeness (QED) is 0.857. The number of amides is 1. The van der Waals surface area contributed by atoms with Crippen molar-refractivity contribution in [1.82, 2.24) is 10.6 Å². The summed E-state index contributed by atoms with van der Waals surface area (Å²) in [6.45, 7) is 4.22. The minimum absolute atomic E-state index is 0.121. The van der Waals surface area contributed by atoms with E-state index in [1.807, 2.05) is 0 Å². The molecule has 0 radical (unpaired) electrons. The molecule has 2 aliphatic rings. The van der Waals surface area contributed by atoms with Gasteiger partial charge in [-0.25, -0.2) is 0 Å². The van der Waals surface area contributed by atoms with Crippen molar-refractivity contribution in [2.75, 3.05) is 13.1 Å². The van der Waals surface area contributed by atoms with Gasteiger partial charge in [-0.3, -0.25) is 4.79 Å².